The molecule has 32 heavy (non-hydrogen) atoms. The van der Waals surface area contributed by atoms with Gasteiger partial charge in [0.1, 0.15) is 0 Å². The van der Waals surface area contributed by atoms with Crippen molar-refractivity contribution in [2.24, 2.45) is 34.5 Å². The summed E-state index contributed by atoms with van der Waals surface area (Å²) in [4.78, 5) is 13.2. The quantitative estimate of drug-likeness (QED) is 0.513. The fraction of sp³-hybridized carbons (Fsp3) is 0.889. The molecule has 2 unspecified atom stereocenters. The van der Waals surface area contributed by atoms with E-state index in [2.05, 4.69) is 20.8 Å². The molecule has 0 spiro atoms. The van der Waals surface area contributed by atoms with Crippen LogP contribution in [0, 0.1) is 34.5 Å². The average molecular weight is 449 g/mol. The third kappa shape index (κ3) is 3.62. The van der Waals surface area contributed by atoms with Gasteiger partial charge in [-0.3, -0.25) is 4.79 Å². The molecule has 0 heterocycles. The Hall–Kier alpha value is -0.750. The Kier molecular flexibility index (Phi) is 6.02. The fourth-order valence-electron chi connectivity index (χ4n) is 8.23. The molecule has 3 fully saturated rings. The molecule has 5 nitrogen and oxygen atoms in total. The minimum atomic E-state index is -1.01. The van der Waals surface area contributed by atoms with E-state index in [4.69, 9.17) is 0 Å². The standard InChI is InChI=1S/C27H44O5/c1-16(22(29)9-10-24(2,3)31)18-8-13-27(32)20-15-23(30)21-14-17(28)6-11-25(21,4)19(20)7-12-26(18,27)5/h15-19,21-22,28-29,31-32H,6-14H2,1-5H3/t16?,17-,18+,19?,21-,22+,25+,26+,27+/m0/s1. The van der Waals surface area contributed by atoms with E-state index in [0.717, 1.165) is 37.7 Å². The van der Waals surface area contributed by atoms with Crippen molar-refractivity contribution in [3.63, 3.8) is 0 Å². The second-order valence-corrected chi connectivity index (χ2v) is 12.8. The Balaban J connectivity index is 1.61. The van der Waals surface area contributed by atoms with Crippen LogP contribution in [0.4, 0.5) is 0 Å². The van der Waals surface area contributed by atoms with Crippen LogP contribution in [0.25, 0.3) is 0 Å². The Morgan fingerprint density at radius 3 is 2.47 bits per heavy atom. The van der Waals surface area contributed by atoms with Crippen LogP contribution in [0.15, 0.2) is 11.6 Å². The number of aliphatic hydroxyl groups excluding tert-OH is 2. The topological polar surface area (TPSA) is 98.0 Å². The highest BCUT2D eigenvalue weighted by molar-refractivity contribution is 5.95. The van der Waals surface area contributed by atoms with Crippen LogP contribution in [0.2, 0.25) is 0 Å². The zero-order chi connectivity index (χ0) is 23.7. The molecule has 0 aromatic carbocycles. The molecular weight excluding hydrogens is 404 g/mol. The maximum absolute atomic E-state index is 13.2. The van der Waals surface area contributed by atoms with Gasteiger partial charge in [-0.25, -0.2) is 0 Å². The van der Waals surface area contributed by atoms with E-state index in [1.807, 2.05) is 0 Å². The summed E-state index contributed by atoms with van der Waals surface area (Å²) < 4.78 is 0. The van der Waals surface area contributed by atoms with Crippen molar-refractivity contribution in [3.8, 4) is 0 Å². The number of rotatable bonds is 5. The first-order chi connectivity index (χ1) is 14.7. The van der Waals surface area contributed by atoms with Crippen LogP contribution in [0.3, 0.4) is 0 Å². The Morgan fingerprint density at radius 1 is 1.12 bits per heavy atom. The van der Waals surface area contributed by atoms with Crippen LogP contribution in [-0.2, 0) is 4.79 Å². The van der Waals surface area contributed by atoms with E-state index in [1.165, 1.54) is 0 Å². The SMILES string of the molecule is CC([C@H](O)CCC(C)(C)O)[C@H]1CC[C@@]2(O)C3=CC(=O)[C@@H]4C[C@@H](O)CC[C@]4(C)C3CC[C@]12C. The van der Waals surface area contributed by atoms with E-state index in [9.17, 15) is 25.2 Å². The van der Waals surface area contributed by atoms with Gasteiger partial charge in [-0.15, -0.1) is 0 Å². The number of fused-ring (bicyclic) bond motifs is 5. The predicted molar refractivity (Wildman–Crippen MR) is 124 cm³/mol. The second-order valence-electron chi connectivity index (χ2n) is 12.8. The molecule has 182 valence electrons. The number of allylic oxidation sites excluding steroid dienone is 1. The molecule has 9 atom stereocenters. The molecular formula is C27H44O5. The van der Waals surface area contributed by atoms with Crippen molar-refractivity contribution >= 4 is 5.78 Å². The molecule has 4 N–H and O–H groups in total. The van der Waals surface area contributed by atoms with Gasteiger partial charge in [-0.05, 0) is 106 Å². The van der Waals surface area contributed by atoms with Crippen molar-refractivity contribution in [1.82, 2.24) is 0 Å². The van der Waals surface area contributed by atoms with Gasteiger partial charge in [0, 0.05) is 11.3 Å². The van der Waals surface area contributed by atoms with Crippen molar-refractivity contribution in [2.75, 3.05) is 0 Å². The highest BCUT2D eigenvalue weighted by Crippen LogP contribution is 2.68. The van der Waals surface area contributed by atoms with E-state index in [0.29, 0.717) is 25.7 Å². The molecule has 0 saturated heterocycles. The number of carbonyl (C=O) groups excluding carboxylic acids is 1. The molecule has 0 amide bonds. The summed E-state index contributed by atoms with van der Waals surface area (Å²) in [5.74, 6) is 0.301. The van der Waals surface area contributed by atoms with Crippen molar-refractivity contribution in [2.45, 2.75) is 116 Å². The van der Waals surface area contributed by atoms with Gasteiger partial charge in [-0.1, -0.05) is 20.8 Å². The highest BCUT2D eigenvalue weighted by atomic mass is 16.3. The lowest BCUT2D eigenvalue weighted by molar-refractivity contribution is -0.142. The maximum atomic E-state index is 13.2. The molecule has 4 rings (SSSR count). The zero-order valence-corrected chi connectivity index (χ0v) is 20.6. The number of hydrogen-bond acceptors (Lipinski definition) is 5. The Labute approximate surface area is 193 Å². The molecule has 4 aliphatic carbocycles. The summed E-state index contributed by atoms with van der Waals surface area (Å²) in [5.41, 5.74) is -1.43. The second kappa shape index (κ2) is 7.90. The predicted octanol–water partition coefficient (Wildman–Crippen LogP) is 3.77. The van der Waals surface area contributed by atoms with Gasteiger partial charge >= 0.3 is 0 Å². The van der Waals surface area contributed by atoms with Crippen molar-refractivity contribution < 1.29 is 25.2 Å². The van der Waals surface area contributed by atoms with E-state index in [1.54, 1.807) is 19.9 Å². The van der Waals surface area contributed by atoms with E-state index in [-0.39, 0.29) is 40.3 Å². The van der Waals surface area contributed by atoms with Crippen molar-refractivity contribution in [3.05, 3.63) is 11.6 Å². The summed E-state index contributed by atoms with van der Waals surface area (Å²) in [6.45, 7) is 10.0. The lowest BCUT2D eigenvalue weighted by atomic mass is 9.46. The molecule has 5 heteroatoms. The Bertz CT molecular complexity index is 783. The lowest BCUT2D eigenvalue weighted by Crippen LogP contribution is -2.59. The minimum absolute atomic E-state index is 0.0148. The highest BCUT2D eigenvalue weighted by Gasteiger charge is 2.66. The third-order valence-corrected chi connectivity index (χ3v) is 10.4. The van der Waals surface area contributed by atoms with Gasteiger partial charge in [0.25, 0.3) is 0 Å². The van der Waals surface area contributed by atoms with Gasteiger partial charge in [0.2, 0.25) is 0 Å². The Morgan fingerprint density at radius 2 is 1.81 bits per heavy atom. The summed E-state index contributed by atoms with van der Waals surface area (Å²) >= 11 is 0. The number of aliphatic hydroxyl groups is 4. The number of carbonyl (C=O) groups is 1. The van der Waals surface area contributed by atoms with Crippen LogP contribution >= 0.6 is 0 Å². The van der Waals surface area contributed by atoms with Crippen LogP contribution < -0.4 is 0 Å². The molecule has 0 aliphatic heterocycles. The van der Waals surface area contributed by atoms with Gasteiger partial charge in [-0.2, -0.15) is 0 Å². The third-order valence-electron chi connectivity index (χ3n) is 10.4. The summed E-state index contributed by atoms with van der Waals surface area (Å²) in [6, 6.07) is 0. The normalized spacial score (nSPS) is 46.0. The minimum Gasteiger partial charge on any atom is -0.393 e. The molecule has 0 aromatic rings. The number of ketones is 1. The summed E-state index contributed by atoms with van der Waals surface area (Å²) in [5, 5.41) is 43.4. The van der Waals surface area contributed by atoms with E-state index >= 15 is 0 Å². The molecule has 3 saturated carbocycles. The van der Waals surface area contributed by atoms with E-state index < -0.39 is 23.4 Å². The number of hydrogen-bond donors (Lipinski definition) is 4. The molecule has 0 radical (unpaired) electrons. The summed E-state index contributed by atoms with van der Waals surface area (Å²) in [6.07, 6.45) is 7.33. The maximum Gasteiger partial charge on any atom is 0.159 e. The van der Waals surface area contributed by atoms with Gasteiger partial charge in [0.15, 0.2) is 5.78 Å². The first-order valence-electron chi connectivity index (χ1n) is 12.8. The van der Waals surface area contributed by atoms with Gasteiger partial charge < -0.3 is 20.4 Å². The first-order valence-corrected chi connectivity index (χ1v) is 12.8. The van der Waals surface area contributed by atoms with Gasteiger partial charge in [0.05, 0.1) is 23.4 Å². The monoisotopic (exact) mass is 448 g/mol. The van der Waals surface area contributed by atoms with Crippen molar-refractivity contribution in [1.29, 1.82) is 0 Å². The fourth-order valence-corrected chi connectivity index (χ4v) is 8.23. The van der Waals surface area contributed by atoms with Crippen LogP contribution in [0.5, 0.6) is 0 Å². The lowest BCUT2D eigenvalue weighted by Gasteiger charge is -2.59. The first kappa shape index (κ1) is 24.4. The molecule has 0 bridgehead atoms. The smallest absolute Gasteiger partial charge is 0.159 e. The molecule has 4 aliphatic rings. The zero-order valence-electron chi connectivity index (χ0n) is 20.6. The van der Waals surface area contributed by atoms with Crippen LogP contribution in [-0.4, -0.2) is 49.6 Å². The largest absolute Gasteiger partial charge is 0.393 e. The van der Waals surface area contributed by atoms with Crippen LogP contribution in [0.1, 0.15) is 92.4 Å². The average Bonchev–Trinajstić information content (AvgIpc) is 2.98. The summed E-state index contributed by atoms with van der Waals surface area (Å²) in [7, 11) is 0. The molecule has 0 aromatic heterocycles.